The molecule has 4 heteroatoms. The smallest absolute Gasteiger partial charge is 0.122 e. The lowest BCUT2D eigenvalue weighted by Crippen LogP contribution is -2.02. The van der Waals surface area contributed by atoms with Crippen molar-refractivity contribution in [3.63, 3.8) is 0 Å². The highest BCUT2D eigenvalue weighted by Gasteiger charge is 2.05. The summed E-state index contributed by atoms with van der Waals surface area (Å²) in [6.07, 6.45) is 2.06. The molecule has 0 aliphatic carbocycles. The van der Waals surface area contributed by atoms with Gasteiger partial charge < -0.3 is 15.0 Å². The fourth-order valence-corrected chi connectivity index (χ4v) is 2.43. The van der Waals surface area contributed by atoms with Gasteiger partial charge in [0.15, 0.2) is 0 Å². The monoisotopic (exact) mass is 267 g/mol. The van der Waals surface area contributed by atoms with E-state index < -0.39 is 0 Å². The lowest BCUT2D eigenvalue weighted by atomic mass is 10.2. The summed E-state index contributed by atoms with van der Waals surface area (Å²) >= 11 is 0. The fraction of sp³-hybridized carbons (Fsp3) is 0.188. The van der Waals surface area contributed by atoms with Gasteiger partial charge in [-0.05, 0) is 31.2 Å². The van der Waals surface area contributed by atoms with Crippen LogP contribution in [-0.4, -0.2) is 16.7 Å². The van der Waals surface area contributed by atoms with Crippen LogP contribution < -0.4 is 10.5 Å². The zero-order valence-electron chi connectivity index (χ0n) is 11.6. The Labute approximate surface area is 117 Å². The normalized spacial score (nSPS) is 10.9. The van der Waals surface area contributed by atoms with E-state index in [4.69, 9.17) is 10.5 Å². The first-order valence-corrected chi connectivity index (χ1v) is 6.51. The van der Waals surface area contributed by atoms with Crippen molar-refractivity contribution in [2.75, 3.05) is 12.8 Å². The molecule has 4 nitrogen and oxygen atoms in total. The largest absolute Gasteiger partial charge is 0.497 e. The Bertz CT molecular complexity index is 762. The van der Waals surface area contributed by atoms with Crippen LogP contribution in [0.3, 0.4) is 0 Å². The number of nitrogen functional groups attached to an aromatic ring is 1. The number of nitrogens with two attached hydrogens (primary N) is 1. The molecular formula is C16H17N3O. The Kier molecular flexibility index (Phi) is 3.06. The molecule has 0 spiro atoms. The van der Waals surface area contributed by atoms with E-state index in [-0.39, 0.29) is 0 Å². The molecule has 0 aliphatic rings. The molecule has 0 atom stereocenters. The highest BCUT2D eigenvalue weighted by molar-refractivity contribution is 5.83. The number of pyridine rings is 1. The van der Waals surface area contributed by atoms with Crippen LogP contribution in [0.2, 0.25) is 0 Å². The number of hydrogen-bond donors (Lipinski definition) is 1. The predicted molar refractivity (Wildman–Crippen MR) is 81.0 cm³/mol. The molecule has 1 aromatic carbocycles. The first kappa shape index (κ1) is 12.5. The summed E-state index contributed by atoms with van der Waals surface area (Å²) in [5.74, 6) is 0.841. The van der Waals surface area contributed by atoms with Gasteiger partial charge in [0.05, 0.1) is 19.3 Å². The minimum atomic E-state index is 0.714. The Morgan fingerprint density at radius 1 is 1.20 bits per heavy atom. The lowest BCUT2D eigenvalue weighted by molar-refractivity contribution is 0.413. The average Bonchev–Trinajstić information content (AvgIpc) is 2.80. The van der Waals surface area contributed by atoms with Gasteiger partial charge in [0.2, 0.25) is 0 Å². The zero-order chi connectivity index (χ0) is 14.1. The van der Waals surface area contributed by atoms with Crippen molar-refractivity contribution in [1.82, 2.24) is 9.55 Å². The number of anilines is 1. The molecule has 3 rings (SSSR count). The second kappa shape index (κ2) is 4.89. The molecule has 0 unspecified atom stereocenters. The summed E-state index contributed by atoms with van der Waals surface area (Å²) in [7, 11) is 1.67. The topological polar surface area (TPSA) is 53.1 Å². The maximum absolute atomic E-state index is 5.81. The molecule has 2 N–H and O–H groups in total. The van der Waals surface area contributed by atoms with Gasteiger partial charge in [-0.1, -0.05) is 0 Å². The van der Waals surface area contributed by atoms with Crippen molar-refractivity contribution in [2.45, 2.75) is 13.5 Å². The number of methoxy groups -OCH3 is 1. The Balaban J connectivity index is 1.99. The zero-order valence-corrected chi connectivity index (χ0v) is 11.6. The van der Waals surface area contributed by atoms with E-state index in [0.717, 1.165) is 33.7 Å². The number of aromatic nitrogens is 2. The fourth-order valence-electron chi connectivity index (χ4n) is 2.43. The molecule has 102 valence electrons. The molecule has 0 amide bonds. The molecular weight excluding hydrogens is 250 g/mol. The van der Waals surface area contributed by atoms with Crippen LogP contribution in [0.15, 0.2) is 42.6 Å². The van der Waals surface area contributed by atoms with Crippen LogP contribution in [0.1, 0.15) is 11.4 Å². The van der Waals surface area contributed by atoms with E-state index in [1.165, 1.54) is 0 Å². The third-order valence-electron chi connectivity index (χ3n) is 3.34. The van der Waals surface area contributed by atoms with Gasteiger partial charge in [-0.15, -0.1) is 0 Å². The average molecular weight is 267 g/mol. The molecule has 0 bridgehead atoms. The van der Waals surface area contributed by atoms with Crippen molar-refractivity contribution < 1.29 is 4.74 Å². The van der Waals surface area contributed by atoms with Crippen molar-refractivity contribution in [1.29, 1.82) is 0 Å². The summed E-state index contributed by atoms with van der Waals surface area (Å²) in [5.41, 5.74) is 9.68. The molecule has 0 radical (unpaired) electrons. The Morgan fingerprint density at radius 3 is 2.85 bits per heavy atom. The first-order valence-electron chi connectivity index (χ1n) is 6.51. The number of fused-ring (bicyclic) bond motifs is 1. The highest BCUT2D eigenvalue weighted by atomic mass is 16.5. The van der Waals surface area contributed by atoms with E-state index in [1.54, 1.807) is 7.11 Å². The Hall–Kier alpha value is -2.49. The lowest BCUT2D eigenvalue weighted by Gasteiger charge is -2.08. The molecule has 3 aromatic rings. The van der Waals surface area contributed by atoms with Crippen molar-refractivity contribution in [3.05, 3.63) is 54.0 Å². The van der Waals surface area contributed by atoms with Crippen molar-refractivity contribution >= 4 is 16.6 Å². The number of rotatable bonds is 3. The maximum atomic E-state index is 5.81. The van der Waals surface area contributed by atoms with Gasteiger partial charge in [-0.25, -0.2) is 0 Å². The number of aryl methyl sites for hydroxylation is 1. The van der Waals surface area contributed by atoms with Gasteiger partial charge in [-0.2, -0.15) is 0 Å². The minimum Gasteiger partial charge on any atom is -0.497 e. The van der Waals surface area contributed by atoms with Crippen LogP contribution in [-0.2, 0) is 6.54 Å². The summed E-state index contributed by atoms with van der Waals surface area (Å²) in [6.45, 7) is 2.69. The van der Waals surface area contributed by atoms with Gasteiger partial charge in [0.1, 0.15) is 5.75 Å². The molecule has 0 saturated carbocycles. The quantitative estimate of drug-likeness (QED) is 0.742. The van der Waals surface area contributed by atoms with Crippen LogP contribution in [0.5, 0.6) is 5.75 Å². The van der Waals surface area contributed by atoms with E-state index in [9.17, 15) is 0 Å². The summed E-state index contributed by atoms with van der Waals surface area (Å²) in [6, 6.07) is 11.9. The number of ether oxygens (including phenoxy) is 1. The van der Waals surface area contributed by atoms with Crippen LogP contribution in [0, 0.1) is 6.92 Å². The van der Waals surface area contributed by atoms with Crippen molar-refractivity contribution in [3.8, 4) is 5.75 Å². The van der Waals surface area contributed by atoms with Crippen LogP contribution >= 0.6 is 0 Å². The van der Waals surface area contributed by atoms with Gasteiger partial charge in [-0.3, -0.25) is 4.98 Å². The highest BCUT2D eigenvalue weighted by Crippen LogP contribution is 2.21. The summed E-state index contributed by atoms with van der Waals surface area (Å²) < 4.78 is 7.45. The molecule has 0 aliphatic heterocycles. The third kappa shape index (κ3) is 2.32. The molecule has 0 fully saturated rings. The van der Waals surface area contributed by atoms with E-state index in [2.05, 4.69) is 21.8 Å². The number of benzene rings is 1. The summed E-state index contributed by atoms with van der Waals surface area (Å²) in [5, 5.41) is 1.14. The third-order valence-corrected chi connectivity index (χ3v) is 3.34. The van der Waals surface area contributed by atoms with E-state index in [0.29, 0.717) is 6.54 Å². The molecule has 20 heavy (non-hydrogen) atoms. The second-order valence-corrected chi connectivity index (χ2v) is 4.90. The van der Waals surface area contributed by atoms with E-state index in [1.807, 2.05) is 37.3 Å². The molecule has 2 heterocycles. The first-order chi connectivity index (χ1) is 9.65. The van der Waals surface area contributed by atoms with Crippen LogP contribution in [0.25, 0.3) is 10.9 Å². The minimum absolute atomic E-state index is 0.714. The van der Waals surface area contributed by atoms with E-state index >= 15 is 0 Å². The van der Waals surface area contributed by atoms with Crippen molar-refractivity contribution in [2.24, 2.45) is 0 Å². The molecule has 0 saturated heterocycles. The van der Waals surface area contributed by atoms with Gasteiger partial charge >= 0.3 is 0 Å². The second-order valence-electron chi connectivity index (χ2n) is 4.90. The SMILES string of the molecule is COc1cc(C)nc(Cn2ccc3cc(N)ccc32)c1. The Morgan fingerprint density at radius 2 is 2.05 bits per heavy atom. The van der Waals surface area contributed by atoms with Gasteiger partial charge in [0, 0.05) is 40.6 Å². The number of nitrogens with zero attached hydrogens (tertiary/aromatic N) is 2. The summed E-state index contributed by atoms with van der Waals surface area (Å²) in [4.78, 5) is 4.56. The number of hydrogen-bond acceptors (Lipinski definition) is 3. The van der Waals surface area contributed by atoms with Gasteiger partial charge in [0.25, 0.3) is 0 Å². The maximum Gasteiger partial charge on any atom is 0.122 e. The predicted octanol–water partition coefficient (Wildman–Crippen LogP) is 2.98. The standard InChI is InChI=1S/C16H17N3O/c1-11-7-15(20-2)9-14(18-11)10-19-6-5-12-8-13(17)3-4-16(12)19/h3-9H,10,17H2,1-2H3. The molecule has 2 aromatic heterocycles. The van der Waals surface area contributed by atoms with Crippen LogP contribution in [0.4, 0.5) is 5.69 Å².